The molecule has 1 aromatic rings. The van der Waals surface area contributed by atoms with Gasteiger partial charge < -0.3 is 10.0 Å². The van der Waals surface area contributed by atoms with Gasteiger partial charge in [0.05, 0.1) is 0 Å². The zero-order valence-electron chi connectivity index (χ0n) is 11.6. The van der Waals surface area contributed by atoms with E-state index in [4.69, 9.17) is 0 Å². The third kappa shape index (κ3) is 2.87. The summed E-state index contributed by atoms with van der Waals surface area (Å²) in [6.45, 7) is 4.31. The molecule has 0 bridgehead atoms. The van der Waals surface area contributed by atoms with E-state index in [0.717, 1.165) is 28.4 Å². The zero-order chi connectivity index (χ0) is 14.9. The van der Waals surface area contributed by atoms with Crippen LogP contribution in [0.2, 0.25) is 0 Å². The number of aryl methyl sites for hydroxylation is 2. The fraction of sp³-hybridized carbons (Fsp3) is 0.467. The monoisotopic (exact) mass is 339 g/mol. The van der Waals surface area contributed by atoms with Crippen LogP contribution in [0.1, 0.15) is 40.7 Å². The molecule has 0 aromatic heterocycles. The molecule has 1 fully saturated rings. The molecule has 1 unspecified atom stereocenters. The highest BCUT2D eigenvalue weighted by Gasteiger charge is 2.33. The Labute approximate surface area is 126 Å². The normalized spacial score (nSPS) is 18.9. The van der Waals surface area contributed by atoms with Crippen molar-refractivity contribution in [1.29, 1.82) is 0 Å². The summed E-state index contributed by atoms with van der Waals surface area (Å²) in [6, 6.07) is 3.04. The second-order valence-corrected chi connectivity index (χ2v) is 6.12. The van der Waals surface area contributed by atoms with E-state index in [2.05, 4.69) is 15.9 Å². The number of benzene rings is 1. The van der Waals surface area contributed by atoms with Crippen LogP contribution in [0.3, 0.4) is 0 Å². The Hall–Kier alpha value is -1.36. The van der Waals surface area contributed by atoms with Gasteiger partial charge in [0.2, 0.25) is 0 Å². The number of carbonyl (C=O) groups excluding carboxylic acids is 1. The van der Waals surface area contributed by atoms with Gasteiger partial charge in [-0.1, -0.05) is 15.9 Å². The minimum Gasteiger partial charge on any atom is -0.480 e. The molecule has 0 spiro atoms. The number of piperidine rings is 1. The molecule has 1 atom stereocenters. The molecule has 5 heteroatoms. The van der Waals surface area contributed by atoms with Gasteiger partial charge in [0, 0.05) is 16.6 Å². The number of carboxylic acid groups (broad SMARTS) is 1. The number of hydrogen-bond donors (Lipinski definition) is 1. The van der Waals surface area contributed by atoms with Crippen LogP contribution in [0.5, 0.6) is 0 Å². The zero-order valence-corrected chi connectivity index (χ0v) is 13.2. The Morgan fingerprint density at radius 1 is 1.25 bits per heavy atom. The lowest BCUT2D eigenvalue weighted by Crippen LogP contribution is -2.48. The number of rotatable bonds is 2. The van der Waals surface area contributed by atoms with Crippen molar-refractivity contribution in [2.24, 2.45) is 0 Å². The predicted molar refractivity (Wildman–Crippen MR) is 79.9 cm³/mol. The number of hydrogen-bond acceptors (Lipinski definition) is 2. The first-order valence-corrected chi connectivity index (χ1v) is 7.51. The van der Waals surface area contributed by atoms with Gasteiger partial charge in [-0.15, -0.1) is 0 Å². The molecule has 2 rings (SSSR count). The Morgan fingerprint density at radius 2 is 1.95 bits per heavy atom. The summed E-state index contributed by atoms with van der Waals surface area (Å²) in [7, 11) is 0. The van der Waals surface area contributed by atoms with Gasteiger partial charge in [-0.05, 0) is 56.4 Å². The minimum absolute atomic E-state index is 0.176. The Bertz CT molecular complexity index is 556. The van der Waals surface area contributed by atoms with Crippen LogP contribution in [-0.4, -0.2) is 34.5 Å². The van der Waals surface area contributed by atoms with Gasteiger partial charge >= 0.3 is 5.97 Å². The fourth-order valence-electron chi connectivity index (χ4n) is 2.60. The third-order valence-corrected chi connectivity index (χ3v) is 4.64. The molecule has 1 amide bonds. The van der Waals surface area contributed by atoms with Crippen LogP contribution in [-0.2, 0) is 4.79 Å². The molecule has 4 nitrogen and oxygen atoms in total. The average Bonchev–Trinajstić information content (AvgIpc) is 2.42. The molecule has 0 radical (unpaired) electrons. The molecular formula is C15H18BrNO3. The first-order valence-electron chi connectivity index (χ1n) is 6.72. The summed E-state index contributed by atoms with van der Waals surface area (Å²) >= 11 is 3.44. The van der Waals surface area contributed by atoms with Gasteiger partial charge in [0.15, 0.2) is 0 Å². The van der Waals surface area contributed by atoms with Gasteiger partial charge in [0.25, 0.3) is 5.91 Å². The van der Waals surface area contributed by atoms with Gasteiger partial charge in [-0.25, -0.2) is 4.79 Å². The first kappa shape index (κ1) is 15.0. The predicted octanol–water partition coefficient (Wildman–Crippen LogP) is 3.15. The summed E-state index contributed by atoms with van der Waals surface area (Å²) in [5.41, 5.74) is 2.43. The standard InChI is InChI=1S/C15H18BrNO3/c1-9-8-12(16)10(2)7-11(9)14(18)17-6-4-3-5-13(17)15(19)20/h7-8,13H,3-6H2,1-2H3,(H,19,20). The van der Waals surface area contributed by atoms with E-state index in [-0.39, 0.29) is 5.91 Å². The molecule has 1 aliphatic rings. The molecule has 0 saturated carbocycles. The van der Waals surface area contributed by atoms with E-state index in [1.54, 1.807) is 0 Å². The third-order valence-electron chi connectivity index (χ3n) is 3.78. The van der Waals surface area contributed by atoms with E-state index in [1.807, 2.05) is 26.0 Å². The number of halogens is 1. The molecule has 20 heavy (non-hydrogen) atoms. The van der Waals surface area contributed by atoms with E-state index in [9.17, 15) is 14.7 Å². The number of nitrogens with zero attached hydrogens (tertiary/aromatic N) is 1. The van der Waals surface area contributed by atoms with Crippen molar-refractivity contribution in [1.82, 2.24) is 4.90 Å². The highest BCUT2D eigenvalue weighted by atomic mass is 79.9. The van der Waals surface area contributed by atoms with E-state index in [0.29, 0.717) is 18.5 Å². The molecule has 1 aliphatic heterocycles. The maximum Gasteiger partial charge on any atom is 0.326 e. The number of likely N-dealkylation sites (tertiary alicyclic amines) is 1. The second-order valence-electron chi connectivity index (χ2n) is 5.26. The Morgan fingerprint density at radius 3 is 2.60 bits per heavy atom. The molecule has 108 valence electrons. The van der Waals surface area contributed by atoms with Crippen molar-refractivity contribution in [2.75, 3.05) is 6.54 Å². The van der Waals surface area contributed by atoms with E-state index < -0.39 is 12.0 Å². The van der Waals surface area contributed by atoms with E-state index >= 15 is 0 Å². The largest absolute Gasteiger partial charge is 0.480 e. The summed E-state index contributed by atoms with van der Waals surface area (Å²) in [4.78, 5) is 25.5. The lowest BCUT2D eigenvalue weighted by molar-refractivity contribution is -0.143. The SMILES string of the molecule is Cc1cc(C(=O)N2CCCCC2C(=O)O)c(C)cc1Br. The van der Waals surface area contributed by atoms with Crippen molar-refractivity contribution in [2.45, 2.75) is 39.2 Å². The van der Waals surface area contributed by atoms with Crippen molar-refractivity contribution in [3.63, 3.8) is 0 Å². The maximum atomic E-state index is 12.6. The lowest BCUT2D eigenvalue weighted by atomic mass is 9.98. The van der Waals surface area contributed by atoms with Crippen molar-refractivity contribution >= 4 is 27.8 Å². The van der Waals surface area contributed by atoms with Crippen LogP contribution in [0.4, 0.5) is 0 Å². The van der Waals surface area contributed by atoms with Gasteiger partial charge in [0.1, 0.15) is 6.04 Å². The van der Waals surface area contributed by atoms with E-state index in [1.165, 1.54) is 4.90 Å². The highest BCUT2D eigenvalue weighted by Crippen LogP contribution is 2.25. The molecule has 0 aliphatic carbocycles. The van der Waals surface area contributed by atoms with Crippen LogP contribution in [0.15, 0.2) is 16.6 Å². The fourth-order valence-corrected chi connectivity index (χ4v) is 3.06. The number of carbonyl (C=O) groups is 2. The van der Waals surface area contributed by atoms with Crippen LogP contribution in [0, 0.1) is 13.8 Å². The maximum absolute atomic E-state index is 12.6. The highest BCUT2D eigenvalue weighted by molar-refractivity contribution is 9.10. The smallest absolute Gasteiger partial charge is 0.326 e. The van der Waals surface area contributed by atoms with Crippen molar-refractivity contribution < 1.29 is 14.7 Å². The van der Waals surface area contributed by atoms with Crippen molar-refractivity contribution in [3.8, 4) is 0 Å². The minimum atomic E-state index is -0.912. The summed E-state index contributed by atoms with van der Waals surface area (Å²) in [5.74, 6) is -1.09. The summed E-state index contributed by atoms with van der Waals surface area (Å²) in [5, 5.41) is 9.27. The molecule has 1 saturated heterocycles. The average molecular weight is 340 g/mol. The van der Waals surface area contributed by atoms with Crippen LogP contribution >= 0.6 is 15.9 Å². The Balaban J connectivity index is 2.34. The summed E-state index contributed by atoms with van der Waals surface area (Å²) in [6.07, 6.45) is 2.26. The number of aliphatic carboxylic acids is 1. The molecular weight excluding hydrogens is 322 g/mol. The quantitative estimate of drug-likeness (QED) is 0.900. The molecule has 1 heterocycles. The number of amides is 1. The second kappa shape index (κ2) is 5.95. The summed E-state index contributed by atoms with van der Waals surface area (Å²) < 4.78 is 0.958. The Kier molecular flexibility index (Phi) is 4.48. The first-order chi connectivity index (χ1) is 9.41. The van der Waals surface area contributed by atoms with Crippen molar-refractivity contribution in [3.05, 3.63) is 33.3 Å². The number of carboxylic acids is 1. The molecule has 1 aromatic carbocycles. The van der Waals surface area contributed by atoms with Gasteiger partial charge in [-0.3, -0.25) is 4.79 Å². The van der Waals surface area contributed by atoms with Gasteiger partial charge in [-0.2, -0.15) is 0 Å². The molecule has 1 N–H and O–H groups in total. The lowest BCUT2D eigenvalue weighted by Gasteiger charge is -2.33. The topological polar surface area (TPSA) is 57.6 Å². The van der Waals surface area contributed by atoms with Crippen LogP contribution in [0.25, 0.3) is 0 Å². The van der Waals surface area contributed by atoms with Crippen LogP contribution < -0.4 is 0 Å².